The number of nitrogens with zero attached hydrogens (tertiary/aromatic N) is 1. The van der Waals surface area contributed by atoms with Gasteiger partial charge in [-0.25, -0.2) is 0 Å². The summed E-state index contributed by atoms with van der Waals surface area (Å²) in [5.41, 5.74) is 9.33. The van der Waals surface area contributed by atoms with Crippen LogP contribution in [-0.2, 0) is 4.74 Å². The Morgan fingerprint density at radius 3 is 2.91 bits per heavy atom. The van der Waals surface area contributed by atoms with E-state index in [1.165, 1.54) is 5.56 Å². The topological polar surface area (TPSA) is 77.2 Å². The van der Waals surface area contributed by atoms with Crippen LogP contribution in [0.2, 0.25) is 0 Å². The number of benzene rings is 1. The maximum absolute atomic E-state index is 12.2. The van der Waals surface area contributed by atoms with Crippen LogP contribution in [0.5, 0.6) is 0 Å². The van der Waals surface area contributed by atoms with Gasteiger partial charge < -0.3 is 15.8 Å². The second-order valence-corrected chi connectivity index (χ2v) is 6.26. The lowest BCUT2D eigenvalue weighted by Gasteiger charge is -2.10. The molecular weight excluding hydrogens is 298 g/mol. The van der Waals surface area contributed by atoms with Gasteiger partial charge in [0.05, 0.1) is 11.8 Å². The van der Waals surface area contributed by atoms with Gasteiger partial charge in [-0.05, 0) is 31.3 Å². The third kappa shape index (κ3) is 3.13. The van der Waals surface area contributed by atoms with E-state index >= 15 is 0 Å². The highest BCUT2D eigenvalue weighted by Gasteiger charge is 2.21. The van der Waals surface area contributed by atoms with Gasteiger partial charge in [-0.15, -0.1) is 0 Å². The van der Waals surface area contributed by atoms with Crippen LogP contribution in [-0.4, -0.2) is 29.5 Å². The number of nitrogens with one attached hydrogen (secondary N) is 1. The SMILES string of the molecule is Cc1ccc(-c2nsc(C(=O)NC[C@H]3CCCO3)c2N)cc1. The van der Waals surface area contributed by atoms with Crippen LogP contribution in [0.15, 0.2) is 24.3 Å². The van der Waals surface area contributed by atoms with Gasteiger partial charge in [0.15, 0.2) is 0 Å². The molecule has 22 heavy (non-hydrogen) atoms. The quantitative estimate of drug-likeness (QED) is 0.908. The van der Waals surface area contributed by atoms with Gasteiger partial charge in [0.25, 0.3) is 5.91 Å². The molecule has 1 atom stereocenters. The fourth-order valence-corrected chi connectivity index (χ4v) is 3.21. The highest BCUT2D eigenvalue weighted by Crippen LogP contribution is 2.30. The van der Waals surface area contributed by atoms with Crippen molar-refractivity contribution in [1.82, 2.24) is 9.69 Å². The van der Waals surface area contributed by atoms with Crippen molar-refractivity contribution in [2.24, 2.45) is 0 Å². The molecule has 0 aliphatic carbocycles. The minimum absolute atomic E-state index is 0.120. The molecule has 6 heteroatoms. The number of ether oxygens (including phenoxy) is 1. The van der Waals surface area contributed by atoms with E-state index in [0.29, 0.717) is 22.8 Å². The first-order valence-electron chi connectivity index (χ1n) is 7.37. The molecule has 1 aromatic carbocycles. The molecule has 1 amide bonds. The summed E-state index contributed by atoms with van der Waals surface area (Å²) >= 11 is 1.14. The number of amides is 1. The first-order valence-corrected chi connectivity index (χ1v) is 8.14. The largest absolute Gasteiger partial charge is 0.396 e. The minimum atomic E-state index is -0.177. The van der Waals surface area contributed by atoms with Gasteiger partial charge in [-0.2, -0.15) is 4.37 Å². The third-order valence-corrected chi connectivity index (χ3v) is 4.64. The predicted molar refractivity (Wildman–Crippen MR) is 88.0 cm³/mol. The number of anilines is 1. The average molecular weight is 317 g/mol. The zero-order valence-corrected chi connectivity index (χ0v) is 13.3. The fourth-order valence-electron chi connectivity index (χ4n) is 2.47. The first kappa shape index (κ1) is 15.0. The van der Waals surface area contributed by atoms with Crippen molar-refractivity contribution in [3.05, 3.63) is 34.7 Å². The van der Waals surface area contributed by atoms with E-state index in [1.807, 2.05) is 31.2 Å². The smallest absolute Gasteiger partial charge is 0.265 e. The van der Waals surface area contributed by atoms with E-state index in [0.717, 1.165) is 36.5 Å². The maximum atomic E-state index is 12.2. The number of nitrogens with two attached hydrogens (primary N) is 1. The van der Waals surface area contributed by atoms with Crippen molar-refractivity contribution in [1.29, 1.82) is 0 Å². The van der Waals surface area contributed by atoms with Crippen molar-refractivity contribution < 1.29 is 9.53 Å². The molecular formula is C16H19N3O2S. The van der Waals surface area contributed by atoms with Crippen molar-refractivity contribution in [2.45, 2.75) is 25.9 Å². The Morgan fingerprint density at radius 1 is 1.45 bits per heavy atom. The van der Waals surface area contributed by atoms with Gasteiger partial charge >= 0.3 is 0 Å². The molecule has 3 N–H and O–H groups in total. The standard InChI is InChI=1S/C16H19N3O2S/c1-10-4-6-11(7-5-10)14-13(17)15(22-19-14)16(20)18-9-12-3-2-8-21-12/h4-7,12H,2-3,8-9,17H2,1H3,(H,18,20)/t12-/m1/s1. The number of nitrogen functional groups attached to an aromatic ring is 1. The predicted octanol–water partition coefficient (Wildman–Crippen LogP) is 2.61. The molecule has 0 bridgehead atoms. The van der Waals surface area contributed by atoms with Crippen molar-refractivity contribution in [3.8, 4) is 11.3 Å². The fraction of sp³-hybridized carbons (Fsp3) is 0.375. The Bertz CT molecular complexity index is 661. The van der Waals surface area contributed by atoms with Crippen LogP contribution in [0.1, 0.15) is 28.1 Å². The molecule has 1 fully saturated rings. The highest BCUT2D eigenvalue weighted by atomic mass is 32.1. The summed E-state index contributed by atoms with van der Waals surface area (Å²) in [6, 6.07) is 7.94. The molecule has 1 aliphatic rings. The van der Waals surface area contributed by atoms with Crippen LogP contribution in [0.25, 0.3) is 11.3 Å². The van der Waals surface area contributed by atoms with Crippen molar-refractivity contribution in [2.75, 3.05) is 18.9 Å². The van der Waals surface area contributed by atoms with Gasteiger partial charge in [0, 0.05) is 18.7 Å². The Balaban J connectivity index is 1.72. The number of aryl methyl sites for hydroxylation is 1. The van der Waals surface area contributed by atoms with E-state index in [2.05, 4.69) is 9.69 Å². The van der Waals surface area contributed by atoms with E-state index in [4.69, 9.17) is 10.5 Å². The molecule has 2 aromatic rings. The van der Waals surface area contributed by atoms with Crippen LogP contribution in [0.4, 0.5) is 5.69 Å². The minimum Gasteiger partial charge on any atom is -0.396 e. The Hall–Kier alpha value is -1.92. The normalized spacial score (nSPS) is 17.6. The Labute approximate surface area is 133 Å². The van der Waals surface area contributed by atoms with Gasteiger partial charge in [-0.3, -0.25) is 4.79 Å². The molecule has 116 valence electrons. The molecule has 1 saturated heterocycles. The van der Waals surface area contributed by atoms with Gasteiger partial charge in [-0.1, -0.05) is 29.8 Å². The van der Waals surface area contributed by atoms with E-state index in [9.17, 15) is 4.79 Å². The highest BCUT2D eigenvalue weighted by molar-refractivity contribution is 7.09. The molecule has 0 saturated carbocycles. The van der Waals surface area contributed by atoms with Gasteiger partial charge in [0.1, 0.15) is 10.6 Å². The third-order valence-electron chi connectivity index (χ3n) is 3.77. The van der Waals surface area contributed by atoms with E-state index in [1.54, 1.807) is 0 Å². The Kier molecular flexibility index (Phi) is 4.40. The number of hydrogen-bond acceptors (Lipinski definition) is 5. The van der Waals surface area contributed by atoms with Crippen LogP contribution < -0.4 is 11.1 Å². The van der Waals surface area contributed by atoms with E-state index in [-0.39, 0.29) is 12.0 Å². The molecule has 2 heterocycles. The van der Waals surface area contributed by atoms with E-state index < -0.39 is 0 Å². The lowest BCUT2D eigenvalue weighted by Crippen LogP contribution is -2.31. The summed E-state index contributed by atoms with van der Waals surface area (Å²) in [5.74, 6) is -0.177. The first-order chi connectivity index (χ1) is 10.6. The summed E-state index contributed by atoms with van der Waals surface area (Å²) in [4.78, 5) is 12.7. The molecule has 3 rings (SSSR count). The number of aromatic nitrogens is 1. The zero-order valence-electron chi connectivity index (χ0n) is 12.5. The number of carbonyl (C=O) groups excluding carboxylic acids is 1. The lowest BCUT2D eigenvalue weighted by atomic mass is 10.1. The average Bonchev–Trinajstić information content (AvgIpc) is 3.15. The Morgan fingerprint density at radius 2 is 2.23 bits per heavy atom. The molecule has 0 radical (unpaired) electrons. The summed E-state index contributed by atoms with van der Waals surface area (Å²) in [6.07, 6.45) is 2.17. The number of hydrogen-bond donors (Lipinski definition) is 2. The second kappa shape index (κ2) is 6.46. The van der Waals surface area contributed by atoms with Crippen LogP contribution in [0.3, 0.4) is 0 Å². The molecule has 1 aromatic heterocycles. The van der Waals surface area contributed by atoms with Crippen LogP contribution in [0, 0.1) is 6.92 Å². The van der Waals surface area contributed by atoms with Crippen LogP contribution >= 0.6 is 11.5 Å². The van der Waals surface area contributed by atoms with Crippen molar-refractivity contribution in [3.63, 3.8) is 0 Å². The summed E-state index contributed by atoms with van der Waals surface area (Å²) in [5, 5.41) is 2.88. The monoisotopic (exact) mass is 317 g/mol. The van der Waals surface area contributed by atoms with Crippen molar-refractivity contribution >= 4 is 23.1 Å². The maximum Gasteiger partial charge on any atom is 0.265 e. The number of carbonyl (C=O) groups is 1. The summed E-state index contributed by atoms with van der Waals surface area (Å²) < 4.78 is 9.84. The molecule has 1 aliphatic heterocycles. The molecule has 5 nitrogen and oxygen atoms in total. The lowest BCUT2D eigenvalue weighted by molar-refractivity contribution is 0.0861. The molecule has 0 spiro atoms. The zero-order chi connectivity index (χ0) is 15.5. The summed E-state index contributed by atoms with van der Waals surface area (Å²) in [6.45, 7) is 3.33. The number of rotatable bonds is 4. The second-order valence-electron chi connectivity index (χ2n) is 5.49. The van der Waals surface area contributed by atoms with Gasteiger partial charge in [0.2, 0.25) is 0 Å². The molecule has 0 unspecified atom stereocenters. The summed E-state index contributed by atoms with van der Waals surface area (Å²) in [7, 11) is 0.